The van der Waals surface area contributed by atoms with Gasteiger partial charge in [-0.15, -0.1) is 0 Å². The zero-order valence-corrected chi connectivity index (χ0v) is 13.4. The Bertz CT molecular complexity index is 718. The van der Waals surface area contributed by atoms with Crippen LogP contribution in [-0.4, -0.2) is 25.7 Å². The number of rotatable bonds is 6. The maximum absolute atomic E-state index is 13.1. The van der Waals surface area contributed by atoms with E-state index >= 15 is 0 Å². The van der Waals surface area contributed by atoms with Gasteiger partial charge in [0, 0.05) is 13.0 Å². The van der Waals surface area contributed by atoms with E-state index in [1.165, 1.54) is 12.1 Å². The van der Waals surface area contributed by atoms with Crippen molar-refractivity contribution in [3.8, 4) is 11.5 Å². The van der Waals surface area contributed by atoms with Gasteiger partial charge in [-0.05, 0) is 48.2 Å². The minimum atomic E-state index is -0.252. The van der Waals surface area contributed by atoms with E-state index in [2.05, 4.69) is 5.32 Å². The Balaban J connectivity index is 1.42. The number of benzene rings is 2. The molecule has 0 spiro atoms. The summed E-state index contributed by atoms with van der Waals surface area (Å²) in [5.41, 5.74) is 1.92. The quantitative estimate of drug-likeness (QED) is 0.886. The molecule has 1 N–H and O–H groups in total. The van der Waals surface area contributed by atoms with E-state index in [0.29, 0.717) is 39.0 Å². The second-order valence-corrected chi connectivity index (χ2v) is 5.71. The number of hydrogen-bond donors (Lipinski definition) is 1. The van der Waals surface area contributed by atoms with Gasteiger partial charge in [0.25, 0.3) is 0 Å². The monoisotopic (exact) mass is 329 g/mol. The van der Waals surface area contributed by atoms with Gasteiger partial charge in [-0.3, -0.25) is 4.79 Å². The van der Waals surface area contributed by atoms with Crippen molar-refractivity contribution in [3.05, 3.63) is 59.4 Å². The van der Waals surface area contributed by atoms with Gasteiger partial charge in [-0.2, -0.15) is 0 Å². The van der Waals surface area contributed by atoms with Gasteiger partial charge in [0.1, 0.15) is 19.0 Å². The van der Waals surface area contributed by atoms with Gasteiger partial charge >= 0.3 is 0 Å². The number of fused-ring (bicyclic) bond motifs is 1. The third-order valence-electron chi connectivity index (χ3n) is 3.87. The van der Waals surface area contributed by atoms with E-state index in [9.17, 15) is 9.18 Å². The summed E-state index contributed by atoms with van der Waals surface area (Å²) in [5, 5.41) is 2.87. The molecule has 126 valence electrons. The summed E-state index contributed by atoms with van der Waals surface area (Å²) >= 11 is 0. The number of carbonyl (C=O) groups is 1. The highest BCUT2D eigenvalue weighted by Crippen LogP contribution is 2.31. The smallest absolute Gasteiger partial charge is 0.220 e. The summed E-state index contributed by atoms with van der Waals surface area (Å²) in [4.78, 5) is 11.9. The summed E-state index contributed by atoms with van der Waals surface area (Å²) in [7, 11) is 0. The highest BCUT2D eigenvalue weighted by atomic mass is 19.1. The summed E-state index contributed by atoms with van der Waals surface area (Å²) in [6, 6.07) is 12.2. The van der Waals surface area contributed by atoms with Crippen LogP contribution < -0.4 is 14.8 Å². The Morgan fingerprint density at radius 3 is 2.62 bits per heavy atom. The van der Waals surface area contributed by atoms with E-state index in [1.807, 2.05) is 24.3 Å². The summed E-state index contributed by atoms with van der Waals surface area (Å²) in [6.07, 6.45) is 1.67. The Labute approximate surface area is 140 Å². The topological polar surface area (TPSA) is 47.6 Å². The number of halogens is 1. The molecule has 0 unspecified atom stereocenters. The van der Waals surface area contributed by atoms with Gasteiger partial charge in [-0.1, -0.05) is 18.2 Å². The number of amides is 1. The standard InChI is InChI=1S/C19H20FNO3/c20-16-3-1-2-14(12-16)8-9-21-19(22)7-5-15-4-6-17-18(13-15)24-11-10-23-17/h1-4,6,12-13H,5,7-11H2,(H,21,22). The average molecular weight is 329 g/mol. The Kier molecular flexibility index (Phi) is 5.31. The van der Waals surface area contributed by atoms with E-state index < -0.39 is 0 Å². The Hall–Kier alpha value is -2.56. The van der Waals surface area contributed by atoms with Crippen LogP contribution in [0.3, 0.4) is 0 Å². The molecule has 24 heavy (non-hydrogen) atoms. The molecule has 0 aliphatic carbocycles. The van der Waals surface area contributed by atoms with Crippen molar-refractivity contribution >= 4 is 5.91 Å². The molecule has 1 heterocycles. The molecule has 0 atom stereocenters. The molecule has 0 fully saturated rings. The molecule has 0 saturated heterocycles. The predicted octanol–water partition coefficient (Wildman–Crippen LogP) is 2.89. The third-order valence-corrected chi connectivity index (χ3v) is 3.87. The van der Waals surface area contributed by atoms with Crippen LogP contribution in [-0.2, 0) is 17.6 Å². The van der Waals surface area contributed by atoms with Crippen molar-refractivity contribution in [3.63, 3.8) is 0 Å². The van der Waals surface area contributed by atoms with Crippen LogP contribution in [0.5, 0.6) is 11.5 Å². The molecule has 2 aromatic carbocycles. The summed E-state index contributed by atoms with van der Waals surface area (Å²) in [5.74, 6) is 1.23. The summed E-state index contributed by atoms with van der Waals surface area (Å²) < 4.78 is 24.1. The van der Waals surface area contributed by atoms with Gasteiger partial charge in [0.2, 0.25) is 5.91 Å². The lowest BCUT2D eigenvalue weighted by molar-refractivity contribution is -0.121. The lowest BCUT2D eigenvalue weighted by Gasteiger charge is -2.18. The maximum atomic E-state index is 13.1. The third kappa shape index (κ3) is 4.47. The number of aryl methyl sites for hydroxylation is 1. The zero-order valence-electron chi connectivity index (χ0n) is 13.4. The van der Waals surface area contributed by atoms with Crippen LogP contribution in [0.4, 0.5) is 4.39 Å². The highest BCUT2D eigenvalue weighted by molar-refractivity contribution is 5.76. The first-order valence-electron chi connectivity index (χ1n) is 8.10. The van der Waals surface area contributed by atoms with Crippen LogP contribution in [0.2, 0.25) is 0 Å². The van der Waals surface area contributed by atoms with Crippen molar-refractivity contribution in [2.24, 2.45) is 0 Å². The van der Waals surface area contributed by atoms with Crippen LogP contribution in [0.25, 0.3) is 0 Å². The first-order valence-corrected chi connectivity index (χ1v) is 8.10. The lowest BCUT2D eigenvalue weighted by atomic mass is 10.1. The minimum Gasteiger partial charge on any atom is -0.486 e. The molecule has 4 nitrogen and oxygen atoms in total. The largest absolute Gasteiger partial charge is 0.486 e. The molecule has 1 aliphatic heterocycles. The predicted molar refractivity (Wildman–Crippen MR) is 88.9 cm³/mol. The van der Waals surface area contributed by atoms with Crippen molar-refractivity contribution < 1.29 is 18.7 Å². The molecular weight excluding hydrogens is 309 g/mol. The first-order chi connectivity index (χ1) is 11.7. The van der Waals surface area contributed by atoms with E-state index in [-0.39, 0.29) is 11.7 Å². The number of ether oxygens (including phenoxy) is 2. The molecule has 1 amide bonds. The van der Waals surface area contributed by atoms with Crippen molar-refractivity contribution in [1.29, 1.82) is 0 Å². The Morgan fingerprint density at radius 1 is 1.00 bits per heavy atom. The zero-order chi connectivity index (χ0) is 16.8. The SMILES string of the molecule is O=C(CCc1ccc2c(c1)OCCO2)NCCc1cccc(F)c1. The van der Waals surface area contributed by atoms with Crippen LogP contribution in [0.1, 0.15) is 17.5 Å². The van der Waals surface area contributed by atoms with Crippen LogP contribution in [0.15, 0.2) is 42.5 Å². The van der Waals surface area contributed by atoms with Gasteiger partial charge in [-0.25, -0.2) is 4.39 Å². The van der Waals surface area contributed by atoms with Crippen molar-refractivity contribution in [2.75, 3.05) is 19.8 Å². The number of nitrogens with one attached hydrogen (secondary N) is 1. The fraction of sp³-hybridized carbons (Fsp3) is 0.316. The first kappa shape index (κ1) is 16.3. The molecule has 3 rings (SSSR count). The minimum absolute atomic E-state index is 0.0127. The second-order valence-electron chi connectivity index (χ2n) is 5.71. The molecular formula is C19H20FNO3. The van der Waals surface area contributed by atoms with Crippen LogP contribution in [0, 0.1) is 5.82 Å². The second kappa shape index (κ2) is 7.81. The molecule has 5 heteroatoms. The van der Waals surface area contributed by atoms with Crippen LogP contribution >= 0.6 is 0 Å². The lowest BCUT2D eigenvalue weighted by Crippen LogP contribution is -2.25. The van der Waals surface area contributed by atoms with Gasteiger partial charge < -0.3 is 14.8 Å². The van der Waals surface area contributed by atoms with Crippen molar-refractivity contribution in [2.45, 2.75) is 19.3 Å². The molecule has 0 saturated carbocycles. The molecule has 0 bridgehead atoms. The fourth-order valence-corrected chi connectivity index (χ4v) is 2.63. The summed E-state index contributed by atoms with van der Waals surface area (Å²) in [6.45, 7) is 1.63. The molecule has 0 radical (unpaired) electrons. The number of hydrogen-bond acceptors (Lipinski definition) is 3. The van der Waals surface area contributed by atoms with Crippen molar-refractivity contribution in [1.82, 2.24) is 5.32 Å². The van der Waals surface area contributed by atoms with Gasteiger partial charge in [0.15, 0.2) is 11.5 Å². The van der Waals surface area contributed by atoms with E-state index in [1.54, 1.807) is 6.07 Å². The van der Waals surface area contributed by atoms with Gasteiger partial charge in [0.05, 0.1) is 0 Å². The normalized spacial score (nSPS) is 12.7. The van der Waals surface area contributed by atoms with E-state index in [0.717, 1.165) is 22.6 Å². The highest BCUT2D eigenvalue weighted by Gasteiger charge is 2.12. The fourth-order valence-electron chi connectivity index (χ4n) is 2.63. The molecule has 2 aromatic rings. The Morgan fingerprint density at radius 2 is 1.79 bits per heavy atom. The molecule has 0 aromatic heterocycles. The number of carbonyl (C=O) groups excluding carboxylic acids is 1. The van der Waals surface area contributed by atoms with E-state index in [4.69, 9.17) is 9.47 Å². The molecule has 1 aliphatic rings. The average Bonchev–Trinajstić information content (AvgIpc) is 2.60. The maximum Gasteiger partial charge on any atom is 0.220 e.